The highest BCUT2D eigenvalue weighted by Crippen LogP contribution is 2.32. The number of hydroxylamine groups is 1. The molecule has 3 rings (SSSR count). The quantitative estimate of drug-likeness (QED) is 0.291. The van der Waals surface area contributed by atoms with Crippen LogP contribution in [0, 0.1) is 29.6 Å². The predicted molar refractivity (Wildman–Crippen MR) is 123 cm³/mol. The summed E-state index contributed by atoms with van der Waals surface area (Å²) in [6, 6.07) is 1.97. The summed E-state index contributed by atoms with van der Waals surface area (Å²) < 4.78 is 22.3. The first-order valence-corrected chi connectivity index (χ1v) is 13.1. The Kier molecular flexibility index (Phi) is 7.52. The van der Waals surface area contributed by atoms with E-state index in [9.17, 15) is 23.1 Å². The van der Waals surface area contributed by atoms with Gasteiger partial charge < -0.3 is 10.0 Å². The maximum Gasteiger partial charge on any atom is 0.264 e. The van der Waals surface area contributed by atoms with Crippen LogP contribution in [0.1, 0.15) is 39.9 Å². The number of rotatable bonds is 6. The second kappa shape index (κ2) is 9.84. The third kappa shape index (κ3) is 5.24. The Morgan fingerprint density at radius 2 is 2.12 bits per heavy atom. The molecule has 3 heterocycles. The maximum absolute atomic E-state index is 12.7. The number of nitrogens with one attached hydrogen (secondary N) is 1. The summed E-state index contributed by atoms with van der Waals surface area (Å²) in [5, 5.41) is 18.2. The molecule has 11 heteroatoms. The SMILES string of the molecule is CN1C[C@@H](C#CC#Cc2cc3c(s2)C(=O)N(CC[C@](C)(C(=O)NO)S(C)(=O)=O)C3)C[C@@H]1CO. The minimum absolute atomic E-state index is 0.0500. The van der Waals surface area contributed by atoms with Crippen LogP contribution in [-0.4, -0.2) is 84.1 Å². The monoisotopic (exact) mass is 493 g/mol. The van der Waals surface area contributed by atoms with Crippen LogP contribution in [0.2, 0.25) is 0 Å². The highest BCUT2D eigenvalue weighted by atomic mass is 32.2. The smallest absolute Gasteiger partial charge is 0.264 e. The number of likely N-dealkylation sites (N-methyl/N-ethyl adjacent to an activating group) is 1. The van der Waals surface area contributed by atoms with Gasteiger partial charge in [0.2, 0.25) is 0 Å². The number of aliphatic hydroxyl groups excluding tert-OH is 1. The Morgan fingerprint density at radius 3 is 2.70 bits per heavy atom. The number of likely N-dealkylation sites (tertiary alicyclic amines) is 1. The number of hydrogen-bond acceptors (Lipinski definition) is 8. The minimum Gasteiger partial charge on any atom is -0.395 e. The molecule has 0 aliphatic carbocycles. The molecule has 2 amide bonds. The van der Waals surface area contributed by atoms with Gasteiger partial charge in [-0.25, -0.2) is 13.9 Å². The molecular formula is C22H27N3O6S2. The number of nitrogens with zero attached hydrogens (tertiary/aromatic N) is 2. The molecule has 0 aromatic carbocycles. The molecule has 2 aliphatic rings. The van der Waals surface area contributed by atoms with Crippen LogP contribution >= 0.6 is 11.3 Å². The lowest BCUT2D eigenvalue weighted by molar-refractivity contribution is -0.131. The number of hydrogen-bond donors (Lipinski definition) is 3. The van der Waals surface area contributed by atoms with Crippen LogP contribution in [0.4, 0.5) is 0 Å². The zero-order chi connectivity index (χ0) is 24.4. The third-order valence-electron chi connectivity index (χ3n) is 6.33. The lowest BCUT2D eigenvalue weighted by atomic mass is 10.1. The van der Waals surface area contributed by atoms with Gasteiger partial charge in [-0.3, -0.25) is 19.7 Å². The van der Waals surface area contributed by atoms with Gasteiger partial charge in [-0.2, -0.15) is 0 Å². The van der Waals surface area contributed by atoms with Crippen LogP contribution in [0.25, 0.3) is 0 Å². The number of aliphatic hydroxyl groups is 1. The molecule has 0 radical (unpaired) electrons. The zero-order valence-corrected chi connectivity index (χ0v) is 20.3. The average Bonchev–Trinajstić information content (AvgIpc) is 3.41. The average molecular weight is 494 g/mol. The lowest BCUT2D eigenvalue weighted by Gasteiger charge is -2.27. The van der Waals surface area contributed by atoms with Gasteiger partial charge in [0.15, 0.2) is 14.6 Å². The molecule has 2 aliphatic heterocycles. The van der Waals surface area contributed by atoms with Gasteiger partial charge in [-0.1, -0.05) is 5.92 Å². The van der Waals surface area contributed by atoms with Gasteiger partial charge in [0.1, 0.15) is 0 Å². The summed E-state index contributed by atoms with van der Waals surface area (Å²) in [7, 11) is -1.86. The van der Waals surface area contributed by atoms with Crippen molar-refractivity contribution in [3.8, 4) is 23.7 Å². The van der Waals surface area contributed by atoms with Gasteiger partial charge in [0, 0.05) is 37.8 Å². The van der Waals surface area contributed by atoms with E-state index in [4.69, 9.17) is 5.21 Å². The number of sulfone groups is 1. The Labute approximate surface area is 197 Å². The van der Waals surface area contributed by atoms with Crippen LogP contribution in [0.5, 0.6) is 0 Å². The standard InChI is InChI=1S/C22H27N3O6S2/c1-22(21(28)23-29,33(3,30)31)8-9-25-13-16-11-18(32-19(16)20(25)27)7-5-4-6-15-10-17(14-26)24(2)12-15/h11,15,17,26,29H,8-10,12-14H2,1-3H3,(H,23,28)/t15-,17+,22+/m0/s1. The highest BCUT2D eigenvalue weighted by Gasteiger charge is 2.44. The number of thiophene rings is 1. The summed E-state index contributed by atoms with van der Waals surface area (Å²) in [6.07, 6.45) is 1.60. The summed E-state index contributed by atoms with van der Waals surface area (Å²) in [4.78, 5) is 29.5. The molecule has 1 fully saturated rings. The van der Waals surface area contributed by atoms with Gasteiger partial charge in [-0.05, 0) is 56.2 Å². The van der Waals surface area contributed by atoms with E-state index in [0.717, 1.165) is 29.7 Å². The summed E-state index contributed by atoms with van der Waals surface area (Å²) in [6.45, 7) is 2.50. The van der Waals surface area contributed by atoms with Gasteiger partial charge in [0.05, 0.1) is 16.4 Å². The van der Waals surface area contributed by atoms with Crippen LogP contribution < -0.4 is 5.48 Å². The van der Waals surface area contributed by atoms with Crippen molar-refractivity contribution in [1.82, 2.24) is 15.3 Å². The summed E-state index contributed by atoms with van der Waals surface area (Å²) in [5.74, 6) is 10.7. The number of carbonyl (C=O) groups excluding carboxylic acids is 2. The van der Waals surface area contributed by atoms with Gasteiger partial charge in [-0.15, -0.1) is 11.3 Å². The van der Waals surface area contributed by atoms with Crippen molar-refractivity contribution < 1.29 is 28.3 Å². The number of carbonyl (C=O) groups is 2. The van der Waals surface area contributed by atoms with Gasteiger partial charge in [0.25, 0.3) is 11.8 Å². The van der Waals surface area contributed by atoms with Crippen LogP contribution in [0.3, 0.4) is 0 Å². The Bertz CT molecular complexity index is 1170. The first-order chi connectivity index (χ1) is 15.5. The second-order valence-electron chi connectivity index (χ2n) is 8.61. The van der Waals surface area contributed by atoms with E-state index in [1.807, 2.05) is 13.1 Å². The molecule has 178 valence electrons. The zero-order valence-electron chi connectivity index (χ0n) is 18.7. The Balaban J connectivity index is 1.62. The van der Waals surface area contributed by atoms with E-state index in [-0.39, 0.29) is 37.4 Å². The molecular weight excluding hydrogens is 466 g/mol. The topological polar surface area (TPSA) is 127 Å². The van der Waals surface area contributed by atoms with Crippen molar-refractivity contribution in [2.24, 2.45) is 5.92 Å². The molecule has 33 heavy (non-hydrogen) atoms. The molecule has 0 saturated carbocycles. The first-order valence-electron chi connectivity index (χ1n) is 10.4. The molecule has 0 spiro atoms. The van der Waals surface area contributed by atoms with Crippen molar-refractivity contribution in [3.05, 3.63) is 21.4 Å². The fourth-order valence-electron chi connectivity index (χ4n) is 3.95. The van der Waals surface area contributed by atoms with E-state index >= 15 is 0 Å². The molecule has 3 N–H and O–H groups in total. The lowest BCUT2D eigenvalue weighted by Crippen LogP contribution is -2.50. The maximum atomic E-state index is 12.7. The number of fused-ring (bicyclic) bond motifs is 1. The van der Waals surface area contributed by atoms with Crippen LogP contribution in [0.15, 0.2) is 6.07 Å². The molecule has 1 saturated heterocycles. The second-order valence-corrected chi connectivity index (χ2v) is 12.1. The molecule has 1 aromatic rings. The first kappa shape index (κ1) is 25.2. The van der Waals surface area contributed by atoms with Crippen molar-refractivity contribution in [3.63, 3.8) is 0 Å². The van der Waals surface area contributed by atoms with E-state index in [0.29, 0.717) is 11.4 Å². The third-order valence-corrected chi connectivity index (χ3v) is 9.44. The molecule has 0 unspecified atom stereocenters. The fourth-order valence-corrected chi connectivity index (χ4v) is 5.79. The molecule has 0 bridgehead atoms. The summed E-state index contributed by atoms with van der Waals surface area (Å²) >= 11 is 1.26. The van der Waals surface area contributed by atoms with Crippen molar-refractivity contribution in [2.75, 3.05) is 33.0 Å². The van der Waals surface area contributed by atoms with Crippen LogP contribution in [-0.2, 0) is 21.2 Å². The number of amides is 2. The molecule has 9 nitrogen and oxygen atoms in total. The summed E-state index contributed by atoms with van der Waals surface area (Å²) in [5.41, 5.74) is 2.21. The Hall–Kier alpha value is -2.41. The van der Waals surface area contributed by atoms with E-state index in [1.54, 1.807) is 0 Å². The highest BCUT2D eigenvalue weighted by molar-refractivity contribution is 7.92. The molecule has 3 atom stereocenters. The van der Waals surface area contributed by atoms with Crippen molar-refractivity contribution >= 4 is 33.0 Å². The van der Waals surface area contributed by atoms with E-state index < -0.39 is 20.5 Å². The largest absolute Gasteiger partial charge is 0.395 e. The van der Waals surface area contributed by atoms with Crippen molar-refractivity contribution in [1.29, 1.82) is 0 Å². The van der Waals surface area contributed by atoms with E-state index in [2.05, 4.69) is 28.6 Å². The van der Waals surface area contributed by atoms with Crippen molar-refractivity contribution in [2.45, 2.75) is 37.1 Å². The fraction of sp³-hybridized carbons (Fsp3) is 0.545. The molecule has 1 aromatic heterocycles. The van der Waals surface area contributed by atoms with Gasteiger partial charge >= 0.3 is 0 Å². The minimum atomic E-state index is -3.83. The van der Waals surface area contributed by atoms with E-state index in [1.165, 1.54) is 28.6 Å². The predicted octanol–water partition coefficient (Wildman–Crippen LogP) is 0.0702. The normalized spacial score (nSPS) is 22.1. The Morgan fingerprint density at radius 1 is 1.39 bits per heavy atom.